The molecule has 0 radical (unpaired) electrons. The molecule has 0 aliphatic carbocycles. The van der Waals surface area contributed by atoms with Crippen LogP contribution in [0.3, 0.4) is 0 Å². The van der Waals surface area contributed by atoms with Gasteiger partial charge in [-0.2, -0.15) is 22.7 Å². The van der Waals surface area contributed by atoms with Crippen LogP contribution >= 0.6 is 0 Å². The highest BCUT2D eigenvalue weighted by atomic mass is 32.2. The predicted molar refractivity (Wildman–Crippen MR) is 114 cm³/mol. The number of anilines is 1. The molecule has 176 valence electrons. The van der Waals surface area contributed by atoms with E-state index in [4.69, 9.17) is 0 Å². The van der Waals surface area contributed by atoms with Crippen molar-refractivity contribution in [2.75, 3.05) is 25.0 Å². The molecular formula is C22H22F3N3O4S. The van der Waals surface area contributed by atoms with Crippen molar-refractivity contribution < 1.29 is 31.1 Å². The Morgan fingerprint density at radius 3 is 2.48 bits per heavy atom. The fourth-order valence-electron chi connectivity index (χ4n) is 3.44. The number of hydrogen-bond acceptors (Lipinski definition) is 5. The standard InChI is InChI=1S/C22H22F3N3O4S/c1-15-5-7-18(33(30,31)28-9-3-2-4-10-28)12-19(15)21(29)27-17-6-8-20(16(11-17)13-26)32-14-22(23,24)25/h5-8,11-12H,2-4,9-10,14H2,1H3,(H,27,29). The third kappa shape index (κ3) is 6.03. The van der Waals surface area contributed by atoms with Crippen LogP contribution in [0.15, 0.2) is 41.3 Å². The van der Waals surface area contributed by atoms with Gasteiger partial charge in [-0.15, -0.1) is 0 Å². The third-order valence-electron chi connectivity index (χ3n) is 5.16. The van der Waals surface area contributed by atoms with Crippen LogP contribution in [0.2, 0.25) is 0 Å². The number of piperidine rings is 1. The molecule has 0 aromatic heterocycles. The summed E-state index contributed by atoms with van der Waals surface area (Å²) in [5, 5.41) is 11.8. The van der Waals surface area contributed by atoms with Gasteiger partial charge in [0, 0.05) is 24.3 Å². The number of benzene rings is 2. The first-order valence-corrected chi connectivity index (χ1v) is 11.6. The zero-order valence-corrected chi connectivity index (χ0v) is 18.6. The van der Waals surface area contributed by atoms with Crippen molar-refractivity contribution in [3.05, 3.63) is 53.1 Å². The molecule has 3 rings (SSSR count). The summed E-state index contributed by atoms with van der Waals surface area (Å²) in [6.45, 7) is 0.959. The zero-order chi connectivity index (χ0) is 24.2. The fraction of sp³-hybridized carbons (Fsp3) is 0.364. The summed E-state index contributed by atoms with van der Waals surface area (Å²) in [6, 6.07) is 9.68. The highest BCUT2D eigenvalue weighted by Crippen LogP contribution is 2.26. The number of rotatable bonds is 6. The molecule has 2 aromatic carbocycles. The summed E-state index contributed by atoms with van der Waals surface area (Å²) >= 11 is 0. The van der Waals surface area contributed by atoms with E-state index in [-0.39, 0.29) is 27.5 Å². The van der Waals surface area contributed by atoms with Gasteiger partial charge in [-0.1, -0.05) is 12.5 Å². The number of carbonyl (C=O) groups excluding carboxylic acids is 1. The lowest BCUT2D eigenvalue weighted by molar-refractivity contribution is -0.153. The molecule has 7 nitrogen and oxygen atoms in total. The lowest BCUT2D eigenvalue weighted by Gasteiger charge is -2.26. The van der Waals surface area contributed by atoms with Crippen LogP contribution in [0.1, 0.15) is 40.7 Å². The Bertz CT molecular complexity index is 1180. The second-order valence-corrected chi connectivity index (χ2v) is 9.56. The fourth-order valence-corrected chi connectivity index (χ4v) is 4.98. The summed E-state index contributed by atoms with van der Waals surface area (Å²) in [7, 11) is -3.74. The Morgan fingerprint density at radius 1 is 1.15 bits per heavy atom. The van der Waals surface area contributed by atoms with Crippen LogP contribution in [0, 0.1) is 18.3 Å². The van der Waals surface area contributed by atoms with Gasteiger partial charge in [-0.05, 0) is 55.7 Å². The van der Waals surface area contributed by atoms with Crippen molar-refractivity contribution in [3.63, 3.8) is 0 Å². The van der Waals surface area contributed by atoms with Gasteiger partial charge in [0.25, 0.3) is 5.91 Å². The van der Waals surface area contributed by atoms with E-state index in [2.05, 4.69) is 10.1 Å². The van der Waals surface area contributed by atoms with Gasteiger partial charge in [0.1, 0.15) is 11.8 Å². The molecule has 1 fully saturated rings. The first-order chi connectivity index (χ1) is 15.5. The Morgan fingerprint density at radius 2 is 1.85 bits per heavy atom. The Kier molecular flexibility index (Phi) is 7.29. The number of nitrogens with one attached hydrogen (secondary N) is 1. The highest BCUT2D eigenvalue weighted by Gasteiger charge is 2.29. The van der Waals surface area contributed by atoms with Crippen molar-refractivity contribution in [2.24, 2.45) is 0 Å². The van der Waals surface area contributed by atoms with Crippen molar-refractivity contribution in [3.8, 4) is 11.8 Å². The third-order valence-corrected chi connectivity index (χ3v) is 7.05. The monoisotopic (exact) mass is 481 g/mol. The Balaban J connectivity index is 1.81. The quantitative estimate of drug-likeness (QED) is 0.666. The van der Waals surface area contributed by atoms with Gasteiger partial charge in [-0.3, -0.25) is 4.79 Å². The smallest absolute Gasteiger partial charge is 0.422 e. The lowest BCUT2D eigenvalue weighted by atomic mass is 10.1. The average Bonchev–Trinajstić information content (AvgIpc) is 2.78. The highest BCUT2D eigenvalue weighted by molar-refractivity contribution is 7.89. The normalized spacial score (nSPS) is 15.0. The van der Waals surface area contributed by atoms with E-state index in [0.29, 0.717) is 18.7 Å². The molecule has 1 aliphatic heterocycles. The molecule has 1 N–H and O–H groups in total. The maximum absolute atomic E-state index is 12.9. The van der Waals surface area contributed by atoms with Gasteiger partial charge in [0.15, 0.2) is 6.61 Å². The van der Waals surface area contributed by atoms with Crippen LogP contribution < -0.4 is 10.1 Å². The molecule has 33 heavy (non-hydrogen) atoms. The average molecular weight is 481 g/mol. The number of carbonyl (C=O) groups is 1. The first kappa shape index (κ1) is 24.5. The summed E-state index contributed by atoms with van der Waals surface area (Å²) in [5.41, 5.74) is 0.634. The second kappa shape index (κ2) is 9.80. The van der Waals surface area contributed by atoms with E-state index in [9.17, 15) is 31.6 Å². The number of sulfonamides is 1. The minimum atomic E-state index is -4.56. The van der Waals surface area contributed by atoms with Crippen molar-refractivity contribution in [1.29, 1.82) is 5.26 Å². The van der Waals surface area contributed by atoms with Crippen LogP contribution in [-0.4, -0.2) is 44.5 Å². The van der Waals surface area contributed by atoms with Crippen molar-refractivity contribution in [2.45, 2.75) is 37.3 Å². The van der Waals surface area contributed by atoms with E-state index in [0.717, 1.165) is 25.3 Å². The van der Waals surface area contributed by atoms with E-state index in [1.165, 1.54) is 28.6 Å². The van der Waals surface area contributed by atoms with Crippen molar-refractivity contribution >= 4 is 21.6 Å². The maximum Gasteiger partial charge on any atom is 0.422 e. The number of ether oxygens (including phenoxy) is 1. The molecule has 1 saturated heterocycles. The minimum absolute atomic E-state index is 0.00811. The maximum atomic E-state index is 12.9. The van der Waals surface area contributed by atoms with E-state index < -0.39 is 28.7 Å². The molecule has 1 heterocycles. The first-order valence-electron chi connectivity index (χ1n) is 10.2. The SMILES string of the molecule is Cc1ccc(S(=O)(=O)N2CCCCC2)cc1C(=O)Nc1ccc(OCC(F)(F)F)c(C#N)c1. The van der Waals surface area contributed by atoms with E-state index >= 15 is 0 Å². The summed E-state index contributed by atoms with van der Waals surface area (Å²) in [4.78, 5) is 12.9. The van der Waals surface area contributed by atoms with Gasteiger partial charge in [0.05, 0.1) is 10.5 Å². The second-order valence-electron chi connectivity index (χ2n) is 7.62. The number of nitriles is 1. The molecular weight excluding hydrogens is 459 g/mol. The van der Waals surface area contributed by atoms with Gasteiger partial charge in [0.2, 0.25) is 10.0 Å². The molecule has 11 heteroatoms. The number of nitrogens with zero attached hydrogens (tertiary/aromatic N) is 2. The Hall–Kier alpha value is -3.10. The number of alkyl halides is 3. The van der Waals surface area contributed by atoms with E-state index in [1.807, 2.05) is 0 Å². The molecule has 0 atom stereocenters. The molecule has 1 aliphatic rings. The van der Waals surface area contributed by atoms with Gasteiger partial charge in [-0.25, -0.2) is 8.42 Å². The van der Waals surface area contributed by atoms with Gasteiger partial charge >= 0.3 is 6.18 Å². The van der Waals surface area contributed by atoms with Crippen molar-refractivity contribution in [1.82, 2.24) is 4.31 Å². The number of aryl methyl sites for hydroxylation is 1. The van der Waals surface area contributed by atoms with Crippen LogP contribution in [0.5, 0.6) is 5.75 Å². The topological polar surface area (TPSA) is 99.5 Å². The molecule has 0 bridgehead atoms. The predicted octanol–water partition coefficient (Wildman–Crippen LogP) is 4.23. The van der Waals surface area contributed by atoms with Crippen LogP contribution in [0.25, 0.3) is 0 Å². The molecule has 0 spiro atoms. The van der Waals surface area contributed by atoms with Crippen LogP contribution in [-0.2, 0) is 10.0 Å². The van der Waals surface area contributed by atoms with Crippen LogP contribution in [0.4, 0.5) is 18.9 Å². The largest absolute Gasteiger partial charge is 0.483 e. The summed E-state index contributed by atoms with van der Waals surface area (Å²) < 4.78 is 69.1. The molecule has 0 unspecified atom stereocenters. The summed E-state index contributed by atoms with van der Waals surface area (Å²) in [6.07, 6.45) is -2.03. The molecule has 2 aromatic rings. The minimum Gasteiger partial charge on any atom is -0.483 e. The summed E-state index contributed by atoms with van der Waals surface area (Å²) in [5.74, 6) is -0.880. The number of halogens is 3. The van der Waals surface area contributed by atoms with Gasteiger partial charge < -0.3 is 10.1 Å². The molecule has 1 amide bonds. The van der Waals surface area contributed by atoms with E-state index in [1.54, 1.807) is 19.1 Å². The number of amides is 1. The lowest BCUT2D eigenvalue weighted by Crippen LogP contribution is -2.35. The Labute approximate surface area is 189 Å². The molecule has 0 saturated carbocycles. The zero-order valence-electron chi connectivity index (χ0n) is 17.8. The number of hydrogen-bond donors (Lipinski definition) is 1.